The number of hydrogen-bond acceptors (Lipinski definition) is 2. The number of carbonyl (C=O) groups excluding carboxylic acids is 1. The molecule has 1 aromatic carbocycles. The maximum absolute atomic E-state index is 11.5. The zero-order chi connectivity index (χ0) is 14.3. The van der Waals surface area contributed by atoms with Crippen molar-refractivity contribution in [3.8, 4) is 0 Å². The summed E-state index contributed by atoms with van der Waals surface area (Å²) in [6.07, 6.45) is 1.48. The third-order valence-corrected chi connectivity index (χ3v) is 3.13. The van der Waals surface area contributed by atoms with E-state index < -0.39 is 0 Å². The molecule has 0 saturated heterocycles. The second kappa shape index (κ2) is 8.18. The summed E-state index contributed by atoms with van der Waals surface area (Å²) in [5, 5.41) is 7.04. The minimum Gasteiger partial charge on any atom is -0.354 e. The quantitative estimate of drug-likeness (QED) is 0.806. The SMILES string of the molecule is CCC(NCCC(=O)NC(C)C)c1ccc(Cl)cc1. The molecule has 0 saturated carbocycles. The van der Waals surface area contributed by atoms with Crippen molar-refractivity contribution in [3.63, 3.8) is 0 Å². The molecule has 0 aromatic heterocycles. The highest BCUT2D eigenvalue weighted by Gasteiger charge is 2.09. The molecule has 0 fully saturated rings. The highest BCUT2D eigenvalue weighted by molar-refractivity contribution is 6.30. The van der Waals surface area contributed by atoms with E-state index in [-0.39, 0.29) is 18.0 Å². The summed E-state index contributed by atoms with van der Waals surface area (Å²) in [4.78, 5) is 11.5. The zero-order valence-corrected chi connectivity index (χ0v) is 12.6. The standard InChI is InChI=1S/C15H23ClN2O/c1-4-14(12-5-7-13(16)8-6-12)17-10-9-15(19)18-11(2)3/h5-8,11,14,17H,4,9-10H2,1-3H3,(H,18,19). The van der Waals surface area contributed by atoms with Gasteiger partial charge in [-0.1, -0.05) is 30.7 Å². The van der Waals surface area contributed by atoms with E-state index in [9.17, 15) is 4.79 Å². The van der Waals surface area contributed by atoms with Crippen molar-refractivity contribution in [2.24, 2.45) is 0 Å². The molecular formula is C15H23ClN2O. The third-order valence-electron chi connectivity index (χ3n) is 2.87. The predicted molar refractivity (Wildman–Crippen MR) is 80.4 cm³/mol. The first-order valence-corrected chi connectivity index (χ1v) is 7.19. The van der Waals surface area contributed by atoms with Crippen LogP contribution in [0, 0.1) is 0 Å². The maximum Gasteiger partial charge on any atom is 0.221 e. The normalized spacial score (nSPS) is 12.5. The fourth-order valence-corrected chi connectivity index (χ4v) is 2.07. The number of rotatable bonds is 7. The molecule has 1 unspecified atom stereocenters. The number of halogens is 1. The van der Waals surface area contributed by atoms with Crippen molar-refractivity contribution in [3.05, 3.63) is 34.9 Å². The van der Waals surface area contributed by atoms with Crippen LogP contribution in [0.2, 0.25) is 5.02 Å². The van der Waals surface area contributed by atoms with E-state index in [2.05, 4.69) is 17.6 Å². The van der Waals surface area contributed by atoms with E-state index in [1.54, 1.807) is 0 Å². The van der Waals surface area contributed by atoms with Gasteiger partial charge in [0.1, 0.15) is 0 Å². The Hall–Kier alpha value is -1.06. The summed E-state index contributed by atoms with van der Waals surface area (Å²) in [5.74, 6) is 0.0912. The Labute approximate surface area is 120 Å². The monoisotopic (exact) mass is 282 g/mol. The average Bonchev–Trinajstić information content (AvgIpc) is 2.35. The van der Waals surface area contributed by atoms with Gasteiger partial charge >= 0.3 is 0 Å². The molecule has 0 aliphatic carbocycles. The molecule has 0 heterocycles. The summed E-state index contributed by atoms with van der Waals surface area (Å²) in [6, 6.07) is 8.31. The summed E-state index contributed by atoms with van der Waals surface area (Å²) in [5.41, 5.74) is 1.20. The molecule has 0 spiro atoms. The van der Waals surface area contributed by atoms with Gasteiger partial charge in [-0.15, -0.1) is 0 Å². The summed E-state index contributed by atoms with van der Waals surface area (Å²) in [6.45, 7) is 6.74. The summed E-state index contributed by atoms with van der Waals surface area (Å²) >= 11 is 5.88. The molecule has 0 aliphatic rings. The van der Waals surface area contributed by atoms with Gasteiger partial charge in [-0.25, -0.2) is 0 Å². The van der Waals surface area contributed by atoms with Crippen LogP contribution < -0.4 is 10.6 Å². The second-order valence-corrected chi connectivity index (χ2v) is 5.38. The van der Waals surface area contributed by atoms with Gasteiger partial charge in [0.25, 0.3) is 0 Å². The highest BCUT2D eigenvalue weighted by Crippen LogP contribution is 2.18. The first kappa shape index (κ1) is 16.0. The van der Waals surface area contributed by atoms with Gasteiger partial charge in [0.05, 0.1) is 0 Å². The van der Waals surface area contributed by atoms with Crippen molar-refractivity contribution in [1.82, 2.24) is 10.6 Å². The second-order valence-electron chi connectivity index (χ2n) is 4.94. The maximum atomic E-state index is 11.5. The molecule has 0 bridgehead atoms. The van der Waals surface area contributed by atoms with E-state index in [0.717, 1.165) is 11.4 Å². The van der Waals surface area contributed by atoms with E-state index >= 15 is 0 Å². The molecule has 0 radical (unpaired) electrons. The predicted octanol–water partition coefficient (Wildman–Crippen LogP) is 3.30. The van der Waals surface area contributed by atoms with E-state index in [1.807, 2.05) is 38.1 Å². The van der Waals surface area contributed by atoms with Gasteiger partial charge < -0.3 is 10.6 Å². The smallest absolute Gasteiger partial charge is 0.221 e. The number of hydrogen-bond donors (Lipinski definition) is 2. The van der Waals surface area contributed by atoms with Crippen molar-refractivity contribution in [2.75, 3.05) is 6.54 Å². The molecule has 1 atom stereocenters. The molecule has 4 heteroatoms. The highest BCUT2D eigenvalue weighted by atomic mass is 35.5. The fourth-order valence-electron chi connectivity index (χ4n) is 1.95. The molecule has 1 aromatic rings. The lowest BCUT2D eigenvalue weighted by Gasteiger charge is -2.17. The number of carbonyl (C=O) groups is 1. The van der Waals surface area contributed by atoms with Crippen molar-refractivity contribution in [2.45, 2.75) is 45.7 Å². The van der Waals surface area contributed by atoms with Gasteiger partial charge in [-0.3, -0.25) is 4.79 Å². The lowest BCUT2D eigenvalue weighted by atomic mass is 10.0. The first-order chi connectivity index (χ1) is 9.02. The number of benzene rings is 1. The Morgan fingerprint density at radius 1 is 1.26 bits per heavy atom. The fraction of sp³-hybridized carbons (Fsp3) is 0.533. The number of nitrogens with one attached hydrogen (secondary N) is 2. The van der Waals surface area contributed by atoms with Crippen LogP contribution in [0.5, 0.6) is 0 Å². The molecule has 3 nitrogen and oxygen atoms in total. The Morgan fingerprint density at radius 3 is 2.42 bits per heavy atom. The first-order valence-electron chi connectivity index (χ1n) is 6.81. The molecule has 1 amide bonds. The van der Waals surface area contributed by atoms with Crippen molar-refractivity contribution in [1.29, 1.82) is 0 Å². The molecule has 19 heavy (non-hydrogen) atoms. The molecule has 2 N–H and O–H groups in total. The van der Waals surface area contributed by atoms with Crippen LogP contribution in [0.3, 0.4) is 0 Å². The Balaban J connectivity index is 2.41. The van der Waals surface area contributed by atoms with E-state index in [1.165, 1.54) is 5.56 Å². The topological polar surface area (TPSA) is 41.1 Å². The van der Waals surface area contributed by atoms with Gasteiger partial charge in [0.15, 0.2) is 0 Å². The van der Waals surface area contributed by atoms with E-state index in [4.69, 9.17) is 11.6 Å². The van der Waals surface area contributed by atoms with Crippen LogP contribution in [-0.2, 0) is 4.79 Å². The summed E-state index contributed by atoms with van der Waals surface area (Å²) in [7, 11) is 0. The minimum atomic E-state index is 0.0912. The lowest BCUT2D eigenvalue weighted by Crippen LogP contribution is -2.33. The Kier molecular flexibility index (Phi) is 6.89. The van der Waals surface area contributed by atoms with Crippen LogP contribution in [0.25, 0.3) is 0 Å². The van der Waals surface area contributed by atoms with Crippen LogP contribution in [0.4, 0.5) is 0 Å². The molecule has 106 valence electrons. The largest absolute Gasteiger partial charge is 0.354 e. The Morgan fingerprint density at radius 2 is 1.89 bits per heavy atom. The average molecular weight is 283 g/mol. The zero-order valence-electron chi connectivity index (χ0n) is 11.9. The molecule has 0 aliphatic heterocycles. The van der Waals surface area contributed by atoms with Crippen LogP contribution in [0.15, 0.2) is 24.3 Å². The lowest BCUT2D eigenvalue weighted by molar-refractivity contribution is -0.121. The van der Waals surface area contributed by atoms with Crippen LogP contribution >= 0.6 is 11.6 Å². The van der Waals surface area contributed by atoms with Gasteiger partial charge in [0, 0.05) is 30.1 Å². The van der Waals surface area contributed by atoms with Gasteiger partial charge in [-0.2, -0.15) is 0 Å². The van der Waals surface area contributed by atoms with E-state index in [0.29, 0.717) is 13.0 Å². The Bertz CT molecular complexity index is 390. The van der Waals surface area contributed by atoms with Crippen molar-refractivity contribution < 1.29 is 4.79 Å². The van der Waals surface area contributed by atoms with Gasteiger partial charge in [-0.05, 0) is 38.0 Å². The molecule has 1 rings (SSSR count). The minimum absolute atomic E-state index is 0.0912. The van der Waals surface area contributed by atoms with Gasteiger partial charge in [0.2, 0.25) is 5.91 Å². The van der Waals surface area contributed by atoms with Crippen LogP contribution in [0.1, 0.15) is 45.2 Å². The summed E-state index contributed by atoms with van der Waals surface area (Å²) < 4.78 is 0. The molecular weight excluding hydrogens is 260 g/mol. The van der Waals surface area contributed by atoms with Crippen molar-refractivity contribution >= 4 is 17.5 Å². The van der Waals surface area contributed by atoms with Crippen LogP contribution in [-0.4, -0.2) is 18.5 Å². The third kappa shape index (κ3) is 6.08. The number of amides is 1.